The predicted octanol–water partition coefficient (Wildman–Crippen LogP) is 4.40. The van der Waals surface area contributed by atoms with Crippen LogP contribution in [0.5, 0.6) is 11.5 Å². The summed E-state index contributed by atoms with van der Waals surface area (Å²) >= 11 is 5.94. The molecule has 0 spiro atoms. The summed E-state index contributed by atoms with van der Waals surface area (Å²) in [6, 6.07) is 13.5. The largest absolute Gasteiger partial charge is 0.492 e. The van der Waals surface area contributed by atoms with Crippen LogP contribution in [0.4, 0.5) is 0 Å². The zero-order valence-corrected chi connectivity index (χ0v) is 16.7. The molecular formula is C23H24ClNO3. The Morgan fingerprint density at radius 2 is 1.89 bits per heavy atom. The standard InChI is InChI=1S/C23H24ClNO3/c1-23(28-21-8-4-19(24)5-9-21)10-11-25(16-23)12-13-27-22-7-3-17-2-6-20(26)14-18(17)15-22/h2-9,15H,10-14,16H2,1H3. The Hall–Kier alpha value is -2.30. The Bertz CT molecular complexity index is 893. The van der Waals surface area contributed by atoms with Gasteiger partial charge in [0, 0.05) is 37.5 Å². The minimum Gasteiger partial charge on any atom is -0.492 e. The van der Waals surface area contributed by atoms with Crippen LogP contribution < -0.4 is 9.47 Å². The fourth-order valence-corrected chi connectivity index (χ4v) is 3.92. The van der Waals surface area contributed by atoms with Gasteiger partial charge in [-0.25, -0.2) is 0 Å². The Labute approximate surface area is 170 Å². The summed E-state index contributed by atoms with van der Waals surface area (Å²) in [5.74, 6) is 1.81. The normalized spacial score (nSPS) is 21.6. The first-order valence-electron chi connectivity index (χ1n) is 9.63. The quantitative estimate of drug-likeness (QED) is 0.724. The van der Waals surface area contributed by atoms with Gasteiger partial charge in [-0.15, -0.1) is 0 Å². The van der Waals surface area contributed by atoms with Gasteiger partial charge in [0.05, 0.1) is 0 Å². The fraction of sp³-hybridized carbons (Fsp3) is 0.348. The Morgan fingerprint density at radius 1 is 1.11 bits per heavy atom. The van der Waals surface area contributed by atoms with Crippen molar-refractivity contribution in [2.75, 3.05) is 26.2 Å². The number of carbonyl (C=O) groups is 1. The number of fused-ring (bicyclic) bond motifs is 1. The minimum atomic E-state index is -0.202. The highest BCUT2D eigenvalue weighted by molar-refractivity contribution is 6.30. The van der Waals surface area contributed by atoms with E-state index in [4.69, 9.17) is 21.1 Å². The van der Waals surface area contributed by atoms with Crippen LogP contribution in [0.15, 0.2) is 48.5 Å². The summed E-state index contributed by atoms with van der Waals surface area (Å²) in [6.07, 6.45) is 4.94. The van der Waals surface area contributed by atoms with Gasteiger partial charge in [0.2, 0.25) is 0 Å². The Morgan fingerprint density at radius 3 is 2.71 bits per heavy atom. The van der Waals surface area contributed by atoms with Crippen molar-refractivity contribution < 1.29 is 14.3 Å². The van der Waals surface area contributed by atoms with Crippen LogP contribution in [0.3, 0.4) is 0 Å². The number of hydrogen-bond acceptors (Lipinski definition) is 4. The molecule has 0 radical (unpaired) electrons. The van der Waals surface area contributed by atoms with E-state index in [0.29, 0.717) is 18.1 Å². The highest BCUT2D eigenvalue weighted by Crippen LogP contribution is 2.28. The van der Waals surface area contributed by atoms with E-state index in [1.54, 1.807) is 6.08 Å². The average molecular weight is 398 g/mol. The molecule has 2 aromatic carbocycles. The predicted molar refractivity (Wildman–Crippen MR) is 111 cm³/mol. The third kappa shape index (κ3) is 4.57. The second-order valence-corrected chi connectivity index (χ2v) is 8.15. The van der Waals surface area contributed by atoms with Crippen molar-refractivity contribution in [3.63, 3.8) is 0 Å². The number of halogens is 1. The van der Waals surface area contributed by atoms with Gasteiger partial charge in [-0.1, -0.05) is 23.7 Å². The number of carbonyl (C=O) groups excluding carboxylic acids is 1. The zero-order valence-electron chi connectivity index (χ0n) is 16.0. The molecule has 1 unspecified atom stereocenters. The van der Waals surface area contributed by atoms with E-state index in [0.717, 1.165) is 48.7 Å². The summed E-state index contributed by atoms with van der Waals surface area (Å²) in [5.41, 5.74) is 1.93. The van der Waals surface area contributed by atoms with Crippen molar-refractivity contribution in [2.24, 2.45) is 0 Å². The van der Waals surface area contributed by atoms with Crippen molar-refractivity contribution in [3.05, 3.63) is 64.7 Å². The van der Waals surface area contributed by atoms with Crippen molar-refractivity contribution >= 4 is 23.5 Å². The van der Waals surface area contributed by atoms with Crippen molar-refractivity contribution in [2.45, 2.75) is 25.4 Å². The third-order valence-electron chi connectivity index (χ3n) is 5.30. The first kappa shape index (κ1) is 19.0. The first-order chi connectivity index (χ1) is 13.5. The van der Waals surface area contributed by atoms with Crippen LogP contribution >= 0.6 is 11.6 Å². The van der Waals surface area contributed by atoms with Gasteiger partial charge in [0.25, 0.3) is 0 Å². The van der Waals surface area contributed by atoms with Gasteiger partial charge >= 0.3 is 0 Å². The van der Waals surface area contributed by atoms with Crippen LogP contribution in [0, 0.1) is 0 Å². The second kappa shape index (κ2) is 7.98. The molecule has 2 aromatic rings. The summed E-state index contributed by atoms with van der Waals surface area (Å²) < 4.78 is 12.1. The van der Waals surface area contributed by atoms with E-state index < -0.39 is 0 Å². The van der Waals surface area contributed by atoms with E-state index in [-0.39, 0.29) is 11.4 Å². The summed E-state index contributed by atoms with van der Waals surface area (Å²) in [6.45, 7) is 5.45. The number of ketones is 1. The van der Waals surface area contributed by atoms with Gasteiger partial charge in [-0.2, -0.15) is 0 Å². The monoisotopic (exact) mass is 397 g/mol. The van der Waals surface area contributed by atoms with Crippen molar-refractivity contribution in [1.82, 2.24) is 4.90 Å². The molecule has 0 aromatic heterocycles. The molecule has 4 nitrogen and oxygen atoms in total. The van der Waals surface area contributed by atoms with E-state index in [1.807, 2.05) is 48.5 Å². The number of benzene rings is 2. The molecule has 1 fully saturated rings. The van der Waals surface area contributed by atoms with Gasteiger partial charge in [0.1, 0.15) is 23.7 Å². The molecule has 4 rings (SSSR count). The Balaban J connectivity index is 1.27. The van der Waals surface area contributed by atoms with Gasteiger partial charge < -0.3 is 9.47 Å². The van der Waals surface area contributed by atoms with Crippen LogP contribution in [-0.2, 0) is 11.2 Å². The SMILES string of the molecule is CC1(Oc2ccc(Cl)cc2)CCN(CCOc2ccc3c(c2)CC(=O)C=C3)C1. The number of nitrogens with zero attached hydrogens (tertiary/aromatic N) is 1. The number of allylic oxidation sites excluding steroid dienone is 1. The number of hydrogen-bond donors (Lipinski definition) is 0. The fourth-order valence-electron chi connectivity index (χ4n) is 3.80. The van der Waals surface area contributed by atoms with Crippen LogP contribution in [0.2, 0.25) is 5.02 Å². The smallest absolute Gasteiger partial charge is 0.160 e. The lowest BCUT2D eigenvalue weighted by Gasteiger charge is -2.26. The van der Waals surface area contributed by atoms with Gasteiger partial charge in [-0.05, 0) is 60.5 Å². The van der Waals surface area contributed by atoms with Gasteiger partial charge in [0.15, 0.2) is 5.78 Å². The maximum absolute atomic E-state index is 11.6. The lowest BCUT2D eigenvalue weighted by molar-refractivity contribution is -0.114. The lowest BCUT2D eigenvalue weighted by Crippen LogP contribution is -2.37. The molecule has 1 atom stereocenters. The first-order valence-corrected chi connectivity index (χ1v) is 10.0. The number of rotatable bonds is 6. The highest BCUT2D eigenvalue weighted by Gasteiger charge is 2.35. The molecule has 0 bridgehead atoms. The molecule has 0 amide bonds. The molecule has 28 heavy (non-hydrogen) atoms. The molecule has 1 aliphatic carbocycles. The summed E-state index contributed by atoms with van der Waals surface area (Å²) in [5, 5.41) is 0.713. The maximum Gasteiger partial charge on any atom is 0.160 e. The minimum absolute atomic E-state index is 0.140. The molecule has 1 saturated heterocycles. The molecule has 2 aliphatic rings. The van der Waals surface area contributed by atoms with Gasteiger partial charge in [-0.3, -0.25) is 9.69 Å². The van der Waals surface area contributed by atoms with Crippen LogP contribution in [0.1, 0.15) is 24.5 Å². The second-order valence-electron chi connectivity index (χ2n) is 7.72. The highest BCUT2D eigenvalue weighted by atomic mass is 35.5. The summed E-state index contributed by atoms with van der Waals surface area (Å²) in [7, 11) is 0. The average Bonchev–Trinajstić information content (AvgIpc) is 3.04. The molecule has 146 valence electrons. The molecular weight excluding hydrogens is 374 g/mol. The molecule has 0 saturated carbocycles. The number of likely N-dealkylation sites (tertiary alicyclic amines) is 1. The Kier molecular flexibility index (Phi) is 5.42. The summed E-state index contributed by atoms with van der Waals surface area (Å²) in [4.78, 5) is 13.9. The number of ether oxygens (including phenoxy) is 2. The molecule has 1 aliphatic heterocycles. The maximum atomic E-state index is 11.6. The van der Waals surface area contributed by atoms with E-state index in [9.17, 15) is 4.79 Å². The lowest BCUT2D eigenvalue weighted by atomic mass is 9.96. The van der Waals surface area contributed by atoms with E-state index in [2.05, 4.69) is 11.8 Å². The third-order valence-corrected chi connectivity index (χ3v) is 5.55. The molecule has 5 heteroatoms. The van der Waals surface area contributed by atoms with Crippen molar-refractivity contribution in [3.8, 4) is 11.5 Å². The zero-order chi connectivity index (χ0) is 19.6. The van der Waals surface area contributed by atoms with Crippen LogP contribution in [-0.4, -0.2) is 42.5 Å². The van der Waals surface area contributed by atoms with E-state index >= 15 is 0 Å². The molecule has 0 N–H and O–H groups in total. The van der Waals surface area contributed by atoms with E-state index in [1.165, 1.54) is 0 Å². The molecule has 1 heterocycles. The topological polar surface area (TPSA) is 38.8 Å². The van der Waals surface area contributed by atoms with Crippen molar-refractivity contribution in [1.29, 1.82) is 0 Å². The van der Waals surface area contributed by atoms with Crippen LogP contribution in [0.25, 0.3) is 6.08 Å².